The Kier molecular flexibility index (Phi) is 12.5. The van der Waals surface area contributed by atoms with Gasteiger partial charge >= 0.3 is 11.9 Å². The lowest BCUT2D eigenvalue weighted by Gasteiger charge is -2.20. The van der Waals surface area contributed by atoms with Crippen LogP contribution in [-0.4, -0.2) is 39.5 Å². The van der Waals surface area contributed by atoms with Gasteiger partial charge in [-0.2, -0.15) is 0 Å². The minimum absolute atomic E-state index is 0.0251. The summed E-state index contributed by atoms with van der Waals surface area (Å²) in [5.41, 5.74) is -0.702. The molecule has 2 aromatic rings. The zero-order valence-corrected chi connectivity index (χ0v) is 23.6. The minimum Gasteiger partial charge on any atom is -0.504 e. The van der Waals surface area contributed by atoms with Crippen LogP contribution in [0.25, 0.3) is 0 Å². The highest BCUT2D eigenvalue weighted by Gasteiger charge is 2.36. The van der Waals surface area contributed by atoms with Gasteiger partial charge in [0.15, 0.2) is 28.8 Å². The van der Waals surface area contributed by atoms with E-state index in [4.69, 9.17) is 9.47 Å². The van der Waals surface area contributed by atoms with Crippen molar-refractivity contribution in [2.24, 2.45) is 0 Å². The first-order chi connectivity index (χ1) is 19.1. The monoisotopic (exact) mass is 554 g/mol. The number of ether oxygens (including phenoxy) is 2. The van der Waals surface area contributed by atoms with Crippen molar-refractivity contribution in [3.8, 4) is 17.2 Å². The Morgan fingerprint density at radius 2 is 1.32 bits per heavy atom. The molecule has 0 aromatic heterocycles. The van der Waals surface area contributed by atoms with Crippen molar-refractivity contribution in [3.05, 3.63) is 52.1 Å². The van der Waals surface area contributed by atoms with Gasteiger partial charge in [0.2, 0.25) is 5.75 Å². The van der Waals surface area contributed by atoms with Gasteiger partial charge in [-0.15, -0.1) is 0 Å². The summed E-state index contributed by atoms with van der Waals surface area (Å²) in [4.78, 5) is 64.5. The van der Waals surface area contributed by atoms with Gasteiger partial charge in [0.1, 0.15) is 6.61 Å². The number of carbonyl (C=O) groups excluding carboxylic acids is 5. The first kappa shape index (κ1) is 32.2. The molecular formula is C31H38O9. The zero-order valence-electron chi connectivity index (χ0n) is 23.6. The number of unbranched alkanes of at least 4 members (excludes halogenated alkanes) is 3. The van der Waals surface area contributed by atoms with E-state index in [2.05, 4.69) is 0 Å². The van der Waals surface area contributed by atoms with Gasteiger partial charge in [0.05, 0.1) is 16.7 Å². The van der Waals surface area contributed by atoms with Crippen LogP contribution in [0.4, 0.5) is 0 Å². The highest BCUT2D eigenvalue weighted by Crippen LogP contribution is 2.46. The first-order valence-electron chi connectivity index (χ1n) is 13.7. The third-order valence-corrected chi connectivity index (χ3v) is 6.33. The van der Waals surface area contributed by atoms with Gasteiger partial charge in [-0.05, 0) is 37.8 Å². The molecule has 9 nitrogen and oxygen atoms in total. The summed E-state index contributed by atoms with van der Waals surface area (Å²) in [7, 11) is 0. The van der Waals surface area contributed by atoms with E-state index in [1.807, 2.05) is 20.8 Å². The summed E-state index contributed by atoms with van der Waals surface area (Å²) in [6.45, 7) is 6.67. The summed E-state index contributed by atoms with van der Waals surface area (Å²) in [6.07, 6.45) is 3.13. The molecular weight excluding hydrogens is 516 g/mol. The molecule has 0 aliphatic rings. The molecule has 0 unspecified atom stereocenters. The number of hydrogen-bond acceptors (Lipinski definition) is 9. The van der Waals surface area contributed by atoms with Crippen LogP contribution in [-0.2, 0) is 16.1 Å². The van der Waals surface area contributed by atoms with Crippen molar-refractivity contribution in [2.75, 3.05) is 0 Å². The van der Waals surface area contributed by atoms with Gasteiger partial charge in [-0.1, -0.05) is 58.2 Å². The number of phenolic OH excluding ortho intramolecular Hbond substituents is 2. The van der Waals surface area contributed by atoms with E-state index in [1.54, 1.807) is 24.3 Å². The molecule has 2 N–H and O–H groups in total. The number of esters is 2. The Balaban J connectivity index is 2.72. The predicted octanol–water partition coefficient (Wildman–Crippen LogP) is 6.50. The van der Waals surface area contributed by atoms with Crippen LogP contribution in [0, 0.1) is 0 Å². The molecule has 0 atom stereocenters. The molecule has 0 amide bonds. The van der Waals surface area contributed by atoms with Crippen LogP contribution in [0.5, 0.6) is 17.2 Å². The summed E-state index contributed by atoms with van der Waals surface area (Å²) >= 11 is 0. The largest absolute Gasteiger partial charge is 0.504 e. The fourth-order valence-corrected chi connectivity index (χ4v) is 4.05. The highest BCUT2D eigenvalue weighted by atomic mass is 16.5. The lowest BCUT2D eigenvalue weighted by atomic mass is 9.90. The second-order valence-corrected chi connectivity index (χ2v) is 9.62. The third-order valence-electron chi connectivity index (χ3n) is 6.33. The van der Waals surface area contributed by atoms with Crippen molar-refractivity contribution in [2.45, 2.75) is 92.1 Å². The summed E-state index contributed by atoms with van der Waals surface area (Å²) < 4.78 is 10.8. The van der Waals surface area contributed by atoms with E-state index in [0.29, 0.717) is 49.7 Å². The molecule has 0 bridgehead atoms. The molecule has 0 radical (unpaired) electrons. The van der Waals surface area contributed by atoms with Crippen LogP contribution in [0.3, 0.4) is 0 Å². The van der Waals surface area contributed by atoms with Gasteiger partial charge in [-0.25, -0.2) is 4.79 Å². The Hall–Kier alpha value is -4.01. The van der Waals surface area contributed by atoms with Gasteiger partial charge in [-0.3, -0.25) is 19.2 Å². The van der Waals surface area contributed by atoms with Crippen molar-refractivity contribution in [1.29, 1.82) is 0 Å². The number of phenols is 2. The SMILES string of the molecule is CCCCC(=O)Oc1c(O)c(O)c(C(=O)CCCC)c(C(=O)OCc2cccc(C(C)=O)c2)c1C(=O)CCCC. The van der Waals surface area contributed by atoms with Gasteiger partial charge in [0.25, 0.3) is 0 Å². The molecule has 0 spiro atoms. The second-order valence-electron chi connectivity index (χ2n) is 9.62. The Labute approximate surface area is 234 Å². The van der Waals surface area contributed by atoms with Gasteiger partial charge in [0, 0.05) is 24.8 Å². The highest BCUT2D eigenvalue weighted by molar-refractivity contribution is 6.17. The van der Waals surface area contributed by atoms with E-state index in [-0.39, 0.29) is 31.7 Å². The quantitative estimate of drug-likeness (QED) is 0.103. The smallest absolute Gasteiger partial charge is 0.340 e. The standard InChI is InChI=1S/C31H38O9/c1-5-8-14-22(33)25-27(31(38)39-18-20-12-11-13-21(17-20)19(4)32)26(23(34)15-9-6-2)30(29(37)28(25)36)40-24(35)16-10-7-3/h11-13,17,36-37H,5-10,14-16,18H2,1-4H3. The summed E-state index contributed by atoms with van der Waals surface area (Å²) in [5, 5.41) is 21.8. The molecule has 0 heterocycles. The molecule has 2 rings (SSSR count). The third kappa shape index (κ3) is 8.24. The molecule has 2 aromatic carbocycles. The minimum atomic E-state index is -1.12. The van der Waals surface area contributed by atoms with Crippen LogP contribution < -0.4 is 4.74 Å². The van der Waals surface area contributed by atoms with Crippen molar-refractivity contribution >= 4 is 29.3 Å². The Morgan fingerprint density at radius 3 is 1.90 bits per heavy atom. The fraction of sp³-hybridized carbons (Fsp3) is 0.452. The number of rotatable bonds is 16. The maximum atomic E-state index is 13.6. The number of ketones is 3. The predicted molar refractivity (Wildman–Crippen MR) is 148 cm³/mol. The van der Waals surface area contributed by atoms with Gasteiger partial charge < -0.3 is 19.7 Å². The number of benzene rings is 2. The molecule has 9 heteroatoms. The number of hydrogen-bond donors (Lipinski definition) is 2. The molecule has 0 aliphatic heterocycles. The lowest BCUT2D eigenvalue weighted by Crippen LogP contribution is -2.21. The van der Waals surface area contributed by atoms with E-state index in [9.17, 15) is 34.2 Å². The van der Waals surface area contributed by atoms with E-state index in [0.717, 1.165) is 0 Å². The van der Waals surface area contributed by atoms with Crippen LogP contribution in [0.1, 0.15) is 132 Å². The number of aromatic hydroxyl groups is 2. The first-order valence-corrected chi connectivity index (χ1v) is 13.7. The Morgan fingerprint density at radius 1 is 0.750 bits per heavy atom. The number of Topliss-reactive ketones (excluding diaryl/α,β-unsaturated/α-hetero) is 3. The topological polar surface area (TPSA) is 144 Å². The molecule has 216 valence electrons. The second kappa shape index (κ2) is 15.5. The van der Waals surface area contributed by atoms with E-state index >= 15 is 0 Å². The lowest BCUT2D eigenvalue weighted by molar-refractivity contribution is -0.134. The fourth-order valence-electron chi connectivity index (χ4n) is 4.05. The Bertz CT molecular complexity index is 1260. The van der Waals surface area contributed by atoms with Crippen molar-refractivity contribution < 1.29 is 43.7 Å². The molecule has 0 saturated carbocycles. The van der Waals surface area contributed by atoms with Crippen molar-refractivity contribution in [3.63, 3.8) is 0 Å². The van der Waals surface area contributed by atoms with E-state index in [1.165, 1.54) is 6.92 Å². The molecule has 0 saturated heterocycles. The molecule has 40 heavy (non-hydrogen) atoms. The van der Waals surface area contributed by atoms with E-state index < -0.39 is 57.4 Å². The van der Waals surface area contributed by atoms with Crippen LogP contribution >= 0.6 is 0 Å². The van der Waals surface area contributed by atoms with Crippen molar-refractivity contribution in [1.82, 2.24) is 0 Å². The van der Waals surface area contributed by atoms with Crippen LogP contribution in [0.15, 0.2) is 24.3 Å². The number of carbonyl (C=O) groups is 5. The summed E-state index contributed by atoms with van der Waals surface area (Å²) in [5.74, 6) is -5.98. The summed E-state index contributed by atoms with van der Waals surface area (Å²) in [6, 6.07) is 6.42. The average molecular weight is 555 g/mol. The normalized spacial score (nSPS) is 10.7. The van der Waals surface area contributed by atoms with Crippen LogP contribution in [0.2, 0.25) is 0 Å². The molecule has 0 fully saturated rings. The average Bonchev–Trinajstić information content (AvgIpc) is 2.94. The zero-order chi connectivity index (χ0) is 29.8. The maximum absolute atomic E-state index is 13.6. The maximum Gasteiger partial charge on any atom is 0.340 e. The molecule has 0 aliphatic carbocycles.